The molecule has 1 aromatic carbocycles. The van der Waals surface area contributed by atoms with Crippen molar-refractivity contribution in [2.75, 3.05) is 18.4 Å². The summed E-state index contributed by atoms with van der Waals surface area (Å²) in [7, 11) is 0. The Hall–Kier alpha value is -1.81. The lowest BCUT2D eigenvalue weighted by atomic mass is 9.89. The minimum Gasteiger partial charge on any atom is -0.351 e. The molecule has 16 heavy (non-hydrogen) atoms. The van der Waals surface area contributed by atoms with E-state index in [-0.39, 0.29) is 0 Å². The fourth-order valence-electron chi connectivity index (χ4n) is 1.68. The fraction of sp³-hybridized carbons (Fsp3) is 0.250. The third-order valence-electron chi connectivity index (χ3n) is 2.80. The molecule has 0 aromatic heterocycles. The van der Waals surface area contributed by atoms with E-state index in [1.807, 2.05) is 24.3 Å². The van der Waals surface area contributed by atoms with E-state index in [0.717, 1.165) is 24.2 Å². The van der Waals surface area contributed by atoms with Crippen molar-refractivity contribution < 1.29 is 4.79 Å². The summed E-state index contributed by atoms with van der Waals surface area (Å²) in [5, 5.41) is 5.74. The van der Waals surface area contributed by atoms with Crippen molar-refractivity contribution in [3.8, 4) is 0 Å². The Labute approximate surface area is 94.5 Å². The van der Waals surface area contributed by atoms with Gasteiger partial charge in [0.15, 0.2) is 0 Å². The fourth-order valence-corrected chi connectivity index (χ4v) is 1.68. The molecule has 4 nitrogen and oxygen atoms in total. The lowest BCUT2D eigenvalue weighted by Crippen LogP contribution is -2.42. The number of benzene rings is 1. The van der Waals surface area contributed by atoms with Crippen LogP contribution in [0.15, 0.2) is 30.8 Å². The number of carbonyl (C=O) groups excluding carboxylic acids is 1. The van der Waals surface area contributed by atoms with E-state index in [4.69, 9.17) is 5.73 Å². The molecular formula is C12H15N3O. The Balaban J connectivity index is 2.06. The molecule has 0 unspecified atom stereocenters. The van der Waals surface area contributed by atoms with Crippen LogP contribution in [0.25, 0.3) is 5.57 Å². The van der Waals surface area contributed by atoms with Gasteiger partial charge < -0.3 is 16.4 Å². The highest BCUT2D eigenvalue weighted by atomic mass is 16.2. The van der Waals surface area contributed by atoms with Crippen LogP contribution in [0.1, 0.15) is 5.56 Å². The van der Waals surface area contributed by atoms with Gasteiger partial charge in [0.05, 0.1) is 0 Å². The van der Waals surface area contributed by atoms with Gasteiger partial charge in [-0.15, -0.1) is 0 Å². The summed E-state index contributed by atoms with van der Waals surface area (Å²) in [5.41, 5.74) is 7.99. The Bertz CT molecular complexity index is 407. The number of urea groups is 1. The van der Waals surface area contributed by atoms with Crippen molar-refractivity contribution in [3.63, 3.8) is 0 Å². The Morgan fingerprint density at radius 1 is 1.38 bits per heavy atom. The molecule has 0 aliphatic carbocycles. The Morgan fingerprint density at radius 2 is 2.00 bits per heavy atom. The van der Waals surface area contributed by atoms with Gasteiger partial charge in [-0.2, -0.15) is 0 Å². The summed E-state index contributed by atoms with van der Waals surface area (Å²) in [6, 6.07) is 7.02. The third kappa shape index (κ3) is 2.23. The summed E-state index contributed by atoms with van der Waals surface area (Å²) in [6.07, 6.45) is 0. The minimum atomic E-state index is -0.547. The van der Waals surface area contributed by atoms with Crippen molar-refractivity contribution in [2.45, 2.75) is 0 Å². The molecule has 0 bridgehead atoms. The number of anilines is 1. The van der Waals surface area contributed by atoms with Gasteiger partial charge in [0.1, 0.15) is 0 Å². The molecule has 84 valence electrons. The molecule has 1 aliphatic heterocycles. The van der Waals surface area contributed by atoms with Gasteiger partial charge in [0.2, 0.25) is 0 Å². The minimum absolute atomic E-state index is 0.537. The van der Waals surface area contributed by atoms with Crippen LogP contribution in [-0.2, 0) is 0 Å². The zero-order valence-corrected chi connectivity index (χ0v) is 8.99. The molecule has 1 heterocycles. The largest absolute Gasteiger partial charge is 0.351 e. The van der Waals surface area contributed by atoms with Crippen LogP contribution in [-0.4, -0.2) is 19.1 Å². The van der Waals surface area contributed by atoms with Gasteiger partial charge in [-0.1, -0.05) is 18.7 Å². The number of nitrogens with one attached hydrogen (secondary N) is 2. The lowest BCUT2D eigenvalue weighted by molar-refractivity contribution is 0.259. The third-order valence-corrected chi connectivity index (χ3v) is 2.80. The van der Waals surface area contributed by atoms with Gasteiger partial charge in [0.25, 0.3) is 0 Å². The number of hydrogen-bond acceptors (Lipinski definition) is 2. The lowest BCUT2D eigenvalue weighted by Gasteiger charge is -2.29. The molecule has 1 fully saturated rings. The smallest absolute Gasteiger partial charge is 0.316 e. The molecule has 1 saturated heterocycles. The highest BCUT2D eigenvalue weighted by Gasteiger charge is 2.20. The van der Waals surface area contributed by atoms with Crippen molar-refractivity contribution in [2.24, 2.45) is 11.7 Å². The van der Waals surface area contributed by atoms with Gasteiger partial charge in [0, 0.05) is 24.7 Å². The van der Waals surface area contributed by atoms with Crippen LogP contribution in [0, 0.1) is 5.92 Å². The molecule has 2 rings (SSSR count). The van der Waals surface area contributed by atoms with Gasteiger partial charge >= 0.3 is 6.03 Å². The molecular weight excluding hydrogens is 202 g/mol. The molecule has 0 spiro atoms. The number of carbonyl (C=O) groups is 1. The molecule has 1 aliphatic rings. The maximum atomic E-state index is 10.6. The Morgan fingerprint density at radius 3 is 2.44 bits per heavy atom. The van der Waals surface area contributed by atoms with Crippen molar-refractivity contribution in [3.05, 3.63) is 36.4 Å². The van der Waals surface area contributed by atoms with E-state index in [0.29, 0.717) is 11.6 Å². The maximum absolute atomic E-state index is 10.6. The van der Waals surface area contributed by atoms with E-state index >= 15 is 0 Å². The van der Waals surface area contributed by atoms with Gasteiger partial charge in [-0.05, 0) is 23.3 Å². The zero-order chi connectivity index (χ0) is 11.5. The molecule has 0 atom stereocenters. The molecule has 4 heteroatoms. The van der Waals surface area contributed by atoms with Crippen LogP contribution in [0.5, 0.6) is 0 Å². The van der Waals surface area contributed by atoms with Crippen LogP contribution in [0.2, 0.25) is 0 Å². The van der Waals surface area contributed by atoms with Crippen LogP contribution < -0.4 is 16.4 Å². The number of rotatable bonds is 3. The second kappa shape index (κ2) is 4.37. The van der Waals surface area contributed by atoms with E-state index in [1.54, 1.807) is 0 Å². The molecule has 4 N–H and O–H groups in total. The SMILES string of the molecule is C=C(c1ccc(NC(N)=O)cc1)C1CNC1. The number of amides is 2. The topological polar surface area (TPSA) is 67.1 Å². The van der Waals surface area contributed by atoms with E-state index < -0.39 is 6.03 Å². The van der Waals surface area contributed by atoms with Crippen molar-refractivity contribution in [1.82, 2.24) is 5.32 Å². The van der Waals surface area contributed by atoms with Crippen molar-refractivity contribution >= 4 is 17.3 Å². The summed E-state index contributed by atoms with van der Waals surface area (Å²) >= 11 is 0. The predicted octanol–water partition coefficient (Wildman–Crippen LogP) is 1.41. The summed E-state index contributed by atoms with van der Waals surface area (Å²) < 4.78 is 0. The standard InChI is InChI=1S/C12H15N3O/c1-8(10-6-14-7-10)9-2-4-11(5-3-9)15-12(13)16/h2-5,10,14H,1,6-7H2,(H3,13,15,16). The second-order valence-corrected chi connectivity index (χ2v) is 3.95. The first-order valence-corrected chi connectivity index (χ1v) is 5.23. The van der Waals surface area contributed by atoms with E-state index in [2.05, 4.69) is 17.2 Å². The molecule has 1 aromatic rings. The maximum Gasteiger partial charge on any atom is 0.316 e. The zero-order valence-electron chi connectivity index (χ0n) is 8.99. The first-order valence-electron chi connectivity index (χ1n) is 5.23. The molecule has 0 saturated carbocycles. The van der Waals surface area contributed by atoms with Crippen molar-refractivity contribution in [1.29, 1.82) is 0 Å². The second-order valence-electron chi connectivity index (χ2n) is 3.95. The first-order chi connectivity index (χ1) is 7.66. The van der Waals surface area contributed by atoms with Crippen LogP contribution in [0.4, 0.5) is 10.5 Å². The number of primary amides is 1. The van der Waals surface area contributed by atoms with Crippen LogP contribution >= 0.6 is 0 Å². The highest BCUT2D eigenvalue weighted by Crippen LogP contribution is 2.25. The molecule has 2 amide bonds. The first kappa shape index (κ1) is 10.7. The van der Waals surface area contributed by atoms with Gasteiger partial charge in [-0.3, -0.25) is 0 Å². The van der Waals surface area contributed by atoms with E-state index in [9.17, 15) is 4.79 Å². The van der Waals surface area contributed by atoms with E-state index in [1.165, 1.54) is 0 Å². The average Bonchev–Trinajstić information content (AvgIpc) is 2.15. The summed E-state index contributed by atoms with van der Waals surface area (Å²) in [6.45, 7) is 6.09. The summed E-state index contributed by atoms with van der Waals surface area (Å²) in [5.74, 6) is 0.537. The molecule has 0 radical (unpaired) electrons. The number of hydrogen-bond donors (Lipinski definition) is 3. The predicted molar refractivity (Wildman–Crippen MR) is 65.0 cm³/mol. The van der Waals surface area contributed by atoms with Gasteiger partial charge in [-0.25, -0.2) is 4.79 Å². The highest BCUT2D eigenvalue weighted by molar-refractivity contribution is 5.88. The number of nitrogens with two attached hydrogens (primary N) is 1. The summed E-state index contributed by atoms with van der Waals surface area (Å²) in [4.78, 5) is 10.6. The normalized spacial score (nSPS) is 15.2. The average molecular weight is 217 g/mol. The monoisotopic (exact) mass is 217 g/mol. The van der Waals surface area contributed by atoms with Crippen LogP contribution in [0.3, 0.4) is 0 Å². The quantitative estimate of drug-likeness (QED) is 0.716. The Kier molecular flexibility index (Phi) is 2.92.